The van der Waals surface area contributed by atoms with Crippen LogP contribution in [0.2, 0.25) is 0 Å². The summed E-state index contributed by atoms with van der Waals surface area (Å²) in [4.78, 5) is 6.42. The van der Waals surface area contributed by atoms with Crippen LogP contribution in [0.15, 0.2) is 18.7 Å². The van der Waals surface area contributed by atoms with E-state index in [4.69, 9.17) is 0 Å². The van der Waals surface area contributed by atoms with Crippen LogP contribution >= 0.6 is 0 Å². The largest absolute Gasteiger partial charge is 3.00 e. The van der Waals surface area contributed by atoms with Crippen molar-refractivity contribution in [3.05, 3.63) is 18.7 Å². The van der Waals surface area contributed by atoms with Crippen LogP contribution in [0.3, 0.4) is 0 Å². The smallest absolute Gasteiger partial charge is 0.870 e. The third kappa shape index (κ3) is 11.0. The zero-order valence-corrected chi connectivity index (χ0v) is 4.60. The number of hydrogen-bond acceptors (Lipinski definition) is 4. The Morgan fingerprint density at radius 2 is 1.67 bits per heavy atom. The second kappa shape index (κ2) is 15.7. The molecule has 1 heterocycles. The molecule has 1 rings (SSSR count). The fraction of sp³-hybridized carbons (Fsp3) is 0. The summed E-state index contributed by atoms with van der Waals surface area (Å²) in [5, 5.41) is 0. The first-order valence-electron chi connectivity index (χ1n) is 1.43. The summed E-state index contributed by atoms with van der Waals surface area (Å²) in [6, 6.07) is 0. The molecule has 0 aliphatic rings. The quantitative estimate of drug-likeness (QED) is 0.475. The van der Waals surface area contributed by atoms with Crippen LogP contribution in [0.4, 0.5) is 0 Å². The summed E-state index contributed by atoms with van der Waals surface area (Å²) < 4.78 is 0. The monoisotopic (exact) mass is 130 g/mol. The first-order chi connectivity index (χ1) is 2.50. The Kier molecular flexibility index (Phi) is 42.2. The van der Waals surface area contributed by atoms with Crippen LogP contribution in [0.1, 0.15) is 0 Å². The van der Waals surface area contributed by atoms with E-state index in [9.17, 15) is 0 Å². The van der Waals surface area contributed by atoms with Gasteiger partial charge in [0.2, 0.25) is 0 Å². The average molecular weight is 130 g/mol. The molecular weight excluding hydrogens is 123 g/mol. The SMILES string of the molecule is [B+3].[OH-].[OH-].[OH-].c1c[nH]cn1. The number of aromatic nitrogens is 2. The van der Waals surface area contributed by atoms with Crippen LogP contribution < -0.4 is 0 Å². The minimum absolute atomic E-state index is 0. The van der Waals surface area contributed by atoms with Crippen molar-refractivity contribution in [3.8, 4) is 0 Å². The summed E-state index contributed by atoms with van der Waals surface area (Å²) in [6.45, 7) is 0. The Labute approximate surface area is 54.6 Å². The molecule has 0 amide bonds. The number of H-pyrrole nitrogens is 1. The van der Waals surface area contributed by atoms with Crippen molar-refractivity contribution in [2.24, 2.45) is 0 Å². The fourth-order valence-electron chi connectivity index (χ4n) is 0.215. The maximum atomic E-state index is 3.67. The van der Waals surface area contributed by atoms with Gasteiger partial charge in [-0.1, -0.05) is 0 Å². The van der Waals surface area contributed by atoms with Crippen molar-refractivity contribution in [2.75, 3.05) is 0 Å². The molecule has 50 valence electrons. The molecule has 0 saturated heterocycles. The molecule has 0 radical (unpaired) electrons. The van der Waals surface area contributed by atoms with Gasteiger partial charge in [-0.05, 0) is 0 Å². The Morgan fingerprint density at radius 3 is 1.78 bits per heavy atom. The minimum atomic E-state index is 0. The maximum Gasteiger partial charge on any atom is 3.00 e. The van der Waals surface area contributed by atoms with E-state index < -0.39 is 0 Å². The Bertz CT molecular complexity index is 73.5. The van der Waals surface area contributed by atoms with E-state index in [1.54, 1.807) is 18.7 Å². The molecule has 6 heteroatoms. The molecule has 0 fully saturated rings. The van der Waals surface area contributed by atoms with Gasteiger partial charge in [0.1, 0.15) is 0 Å². The third-order valence-corrected chi connectivity index (χ3v) is 0.406. The van der Waals surface area contributed by atoms with Gasteiger partial charge < -0.3 is 21.4 Å². The van der Waals surface area contributed by atoms with E-state index in [0.717, 1.165) is 0 Å². The number of hydrogen-bond donors (Lipinski definition) is 1. The van der Waals surface area contributed by atoms with E-state index in [-0.39, 0.29) is 24.8 Å². The van der Waals surface area contributed by atoms with Crippen molar-refractivity contribution in [1.82, 2.24) is 9.97 Å². The Morgan fingerprint density at radius 1 is 1.11 bits per heavy atom. The standard InChI is InChI=1S/C3H4N2.B.3H2O/c1-2-5-3-4-1;;;;/h1-3H,(H,4,5);;3*1H2/q;+3;;;/p-3. The zero-order valence-electron chi connectivity index (χ0n) is 4.60. The molecule has 0 bridgehead atoms. The molecule has 9 heavy (non-hydrogen) atoms. The van der Waals surface area contributed by atoms with Crippen molar-refractivity contribution < 1.29 is 16.4 Å². The average Bonchev–Trinajstić information content (AvgIpc) is 1.76. The van der Waals surface area contributed by atoms with Gasteiger partial charge in [-0.2, -0.15) is 0 Å². The predicted molar refractivity (Wildman–Crippen MR) is 30.1 cm³/mol. The van der Waals surface area contributed by atoms with Crippen LogP contribution in [-0.2, 0) is 0 Å². The van der Waals surface area contributed by atoms with Crippen LogP contribution in [0, 0.1) is 0 Å². The Hall–Kier alpha value is -0.845. The van der Waals surface area contributed by atoms with Crippen LogP contribution in [-0.4, -0.2) is 34.8 Å². The number of rotatable bonds is 0. The summed E-state index contributed by atoms with van der Waals surface area (Å²) in [7, 11) is 0. The first kappa shape index (κ1) is 24.2. The van der Waals surface area contributed by atoms with Gasteiger partial charge in [0, 0.05) is 12.4 Å². The van der Waals surface area contributed by atoms with Gasteiger partial charge in [0.05, 0.1) is 6.33 Å². The summed E-state index contributed by atoms with van der Waals surface area (Å²) >= 11 is 0. The van der Waals surface area contributed by atoms with Gasteiger partial charge >= 0.3 is 8.41 Å². The molecule has 0 spiro atoms. The molecular formula is C3H7BN2O3. The van der Waals surface area contributed by atoms with Crippen molar-refractivity contribution >= 4 is 8.41 Å². The number of nitrogens with one attached hydrogen (secondary N) is 1. The fourth-order valence-corrected chi connectivity index (χ4v) is 0.215. The number of imidazole rings is 1. The van der Waals surface area contributed by atoms with E-state index in [1.807, 2.05) is 0 Å². The molecule has 0 aromatic carbocycles. The van der Waals surface area contributed by atoms with Gasteiger partial charge in [0.15, 0.2) is 0 Å². The van der Waals surface area contributed by atoms with Crippen molar-refractivity contribution in [1.29, 1.82) is 0 Å². The van der Waals surface area contributed by atoms with E-state index in [0.29, 0.717) is 0 Å². The molecule has 0 aliphatic carbocycles. The van der Waals surface area contributed by atoms with Gasteiger partial charge in [-0.25, -0.2) is 4.98 Å². The minimum Gasteiger partial charge on any atom is -0.870 e. The molecule has 4 N–H and O–H groups in total. The summed E-state index contributed by atoms with van der Waals surface area (Å²) in [6.07, 6.45) is 5.08. The maximum absolute atomic E-state index is 3.67. The molecule has 0 aliphatic heterocycles. The molecule has 5 nitrogen and oxygen atoms in total. The topological polar surface area (TPSA) is 119 Å². The van der Waals surface area contributed by atoms with Crippen molar-refractivity contribution in [3.63, 3.8) is 0 Å². The zero-order chi connectivity index (χ0) is 3.54. The number of aromatic amines is 1. The first-order valence-corrected chi connectivity index (χ1v) is 1.43. The molecule has 1 aromatic rings. The molecule has 0 atom stereocenters. The Balaban J connectivity index is -0.0000000312. The second-order valence-corrected chi connectivity index (χ2v) is 0.761. The van der Waals surface area contributed by atoms with E-state index in [1.165, 1.54) is 0 Å². The van der Waals surface area contributed by atoms with Crippen LogP contribution in [0.25, 0.3) is 0 Å². The second-order valence-electron chi connectivity index (χ2n) is 0.761. The van der Waals surface area contributed by atoms with Gasteiger partial charge in [0.25, 0.3) is 0 Å². The molecule has 1 aromatic heterocycles. The van der Waals surface area contributed by atoms with E-state index >= 15 is 0 Å². The molecule has 0 saturated carbocycles. The van der Waals surface area contributed by atoms with Gasteiger partial charge in [-0.3, -0.25) is 0 Å². The van der Waals surface area contributed by atoms with Crippen molar-refractivity contribution in [2.45, 2.75) is 0 Å². The normalized spacial score (nSPS) is 4.44. The summed E-state index contributed by atoms with van der Waals surface area (Å²) in [5.41, 5.74) is 0. The summed E-state index contributed by atoms with van der Waals surface area (Å²) in [5.74, 6) is 0. The third-order valence-electron chi connectivity index (χ3n) is 0.406. The number of nitrogens with zero attached hydrogens (tertiary/aromatic N) is 1. The van der Waals surface area contributed by atoms with Crippen LogP contribution in [0.5, 0.6) is 0 Å². The predicted octanol–water partition coefficient (Wildman–Crippen LogP) is -0.502. The van der Waals surface area contributed by atoms with E-state index in [2.05, 4.69) is 9.97 Å². The molecule has 0 unspecified atom stereocenters. The van der Waals surface area contributed by atoms with Gasteiger partial charge in [-0.15, -0.1) is 0 Å².